The summed E-state index contributed by atoms with van der Waals surface area (Å²) in [5.41, 5.74) is 2.19. The lowest BCUT2D eigenvalue weighted by Crippen LogP contribution is -1.89. The second-order valence-electron chi connectivity index (χ2n) is 3.48. The van der Waals surface area contributed by atoms with Gasteiger partial charge in [-0.1, -0.05) is 19.1 Å². The third-order valence-corrected chi connectivity index (χ3v) is 2.50. The Bertz CT molecular complexity index is 287. The van der Waals surface area contributed by atoms with Gasteiger partial charge >= 0.3 is 0 Å². The molecule has 1 fully saturated rings. The minimum absolute atomic E-state index is 0.0538. The van der Waals surface area contributed by atoms with Crippen LogP contribution >= 0.6 is 0 Å². The highest BCUT2D eigenvalue weighted by Gasteiger charge is 2.23. The minimum Gasteiger partial charge on any atom is -0.207 e. The molecule has 0 aliphatic heterocycles. The van der Waals surface area contributed by atoms with E-state index in [-0.39, 0.29) is 5.82 Å². The summed E-state index contributed by atoms with van der Waals surface area (Å²) < 4.78 is 13.1. The van der Waals surface area contributed by atoms with E-state index in [1.54, 1.807) is 6.07 Å². The fraction of sp³-hybridized carbons (Fsp3) is 0.455. The summed E-state index contributed by atoms with van der Waals surface area (Å²) in [6, 6.07) is 5.55. The first kappa shape index (κ1) is 7.78. The highest BCUT2D eigenvalue weighted by atomic mass is 19.1. The van der Waals surface area contributed by atoms with Crippen LogP contribution in [-0.2, 0) is 6.42 Å². The maximum Gasteiger partial charge on any atom is 0.126 e. The molecule has 0 heterocycles. The Balaban J connectivity index is 2.33. The molecule has 2 rings (SSSR count). The van der Waals surface area contributed by atoms with Gasteiger partial charge in [-0.05, 0) is 42.4 Å². The molecule has 1 aromatic carbocycles. The predicted octanol–water partition coefficient (Wildman–Crippen LogP) is 3.27. The van der Waals surface area contributed by atoms with Crippen molar-refractivity contribution in [3.05, 3.63) is 35.1 Å². The lowest BCUT2D eigenvalue weighted by Gasteiger charge is -2.02. The van der Waals surface area contributed by atoms with Gasteiger partial charge in [-0.15, -0.1) is 0 Å². The molecule has 0 aromatic heterocycles. The number of aryl methyl sites for hydroxylation is 1. The van der Waals surface area contributed by atoms with Gasteiger partial charge in [0.2, 0.25) is 0 Å². The Kier molecular flexibility index (Phi) is 1.87. The zero-order chi connectivity index (χ0) is 8.55. The molecule has 1 saturated carbocycles. The lowest BCUT2D eigenvalue weighted by molar-refractivity contribution is 0.611. The van der Waals surface area contributed by atoms with Crippen LogP contribution in [0.25, 0.3) is 0 Å². The first-order valence-electron chi connectivity index (χ1n) is 4.59. The molecule has 0 atom stereocenters. The third-order valence-electron chi connectivity index (χ3n) is 2.50. The van der Waals surface area contributed by atoms with Crippen LogP contribution in [0.1, 0.15) is 36.8 Å². The molecule has 0 amide bonds. The third kappa shape index (κ3) is 1.36. The monoisotopic (exact) mass is 164 g/mol. The topological polar surface area (TPSA) is 0 Å². The van der Waals surface area contributed by atoms with Gasteiger partial charge in [0, 0.05) is 0 Å². The fourth-order valence-electron chi connectivity index (χ4n) is 1.54. The molecule has 0 spiro atoms. The van der Waals surface area contributed by atoms with Crippen LogP contribution in [0.5, 0.6) is 0 Å². The van der Waals surface area contributed by atoms with Crippen molar-refractivity contribution >= 4 is 0 Å². The number of hydrogen-bond donors (Lipinski definition) is 0. The Labute approximate surface area is 72.4 Å². The smallest absolute Gasteiger partial charge is 0.126 e. The van der Waals surface area contributed by atoms with E-state index < -0.39 is 0 Å². The van der Waals surface area contributed by atoms with Gasteiger partial charge in [-0.2, -0.15) is 0 Å². The van der Waals surface area contributed by atoms with Gasteiger partial charge < -0.3 is 0 Å². The molecule has 0 unspecified atom stereocenters. The SMILES string of the molecule is CCc1cc(C2CC2)ccc1F. The summed E-state index contributed by atoms with van der Waals surface area (Å²) in [4.78, 5) is 0. The van der Waals surface area contributed by atoms with E-state index in [1.807, 2.05) is 19.1 Å². The summed E-state index contributed by atoms with van der Waals surface area (Å²) in [5.74, 6) is 0.679. The van der Waals surface area contributed by atoms with E-state index in [4.69, 9.17) is 0 Å². The second kappa shape index (κ2) is 2.89. The van der Waals surface area contributed by atoms with Crippen molar-refractivity contribution in [2.75, 3.05) is 0 Å². The van der Waals surface area contributed by atoms with Crippen LogP contribution in [0.15, 0.2) is 18.2 Å². The lowest BCUT2D eigenvalue weighted by atomic mass is 10.1. The van der Waals surface area contributed by atoms with Gasteiger partial charge in [0.1, 0.15) is 5.82 Å². The standard InChI is InChI=1S/C11H13F/c1-2-8-7-10(9-3-4-9)5-6-11(8)12/h5-7,9H,2-4H2,1H3. The van der Waals surface area contributed by atoms with Crippen LogP contribution in [0.4, 0.5) is 4.39 Å². The van der Waals surface area contributed by atoms with Gasteiger partial charge in [-0.3, -0.25) is 0 Å². The summed E-state index contributed by atoms with van der Waals surface area (Å²) in [6.45, 7) is 2.00. The molecule has 0 nitrogen and oxygen atoms in total. The molecule has 1 aliphatic carbocycles. The van der Waals surface area contributed by atoms with Gasteiger partial charge in [0.05, 0.1) is 0 Å². The van der Waals surface area contributed by atoms with Crippen LogP contribution < -0.4 is 0 Å². The van der Waals surface area contributed by atoms with Crippen molar-refractivity contribution < 1.29 is 4.39 Å². The molecule has 1 aliphatic rings. The molecule has 0 N–H and O–H groups in total. The van der Waals surface area contributed by atoms with Crippen LogP contribution in [-0.4, -0.2) is 0 Å². The molecular weight excluding hydrogens is 151 g/mol. The minimum atomic E-state index is -0.0538. The maximum absolute atomic E-state index is 13.1. The fourth-order valence-corrected chi connectivity index (χ4v) is 1.54. The normalized spacial score (nSPS) is 16.5. The van der Waals surface area contributed by atoms with Crippen molar-refractivity contribution in [2.45, 2.75) is 32.1 Å². The van der Waals surface area contributed by atoms with Crippen molar-refractivity contribution in [3.8, 4) is 0 Å². The Morgan fingerprint density at radius 3 is 2.75 bits per heavy atom. The second-order valence-corrected chi connectivity index (χ2v) is 3.48. The van der Waals surface area contributed by atoms with E-state index in [1.165, 1.54) is 18.4 Å². The van der Waals surface area contributed by atoms with E-state index >= 15 is 0 Å². The molecule has 1 aromatic rings. The molecule has 12 heavy (non-hydrogen) atoms. The van der Waals surface area contributed by atoms with Crippen molar-refractivity contribution in [1.29, 1.82) is 0 Å². The zero-order valence-electron chi connectivity index (χ0n) is 7.31. The zero-order valence-corrected chi connectivity index (χ0v) is 7.31. The number of halogens is 1. The van der Waals surface area contributed by atoms with E-state index in [0.29, 0.717) is 0 Å². The Hall–Kier alpha value is -0.850. The van der Waals surface area contributed by atoms with E-state index in [0.717, 1.165) is 17.9 Å². The van der Waals surface area contributed by atoms with Crippen molar-refractivity contribution in [3.63, 3.8) is 0 Å². The summed E-state index contributed by atoms with van der Waals surface area (Å²) in [5, 5.41) is 0. The number of benzene rings is 1. The van der Waals surface area contributed by atoms with Gasteiger partial charge in [-0.25, -0.2) is 4.39 Å². The van der Waals surface area contributed by atoms with Gasteiger partial charge in [0.25, 0.3) is 0 Å². The van der Waals surface area contributed by atoms with Crippen LogP contribution in [0, 0.1) is 5.82 Å². The first-order valence-corrected chi connectivity index (χ1v) is 4.59. The average molecular weight is 164 g/mol. The Morgan fingerprint density at radius 2 is 2.17 bits per heavy atom. The van der Waals surface area contributed by atoms with E-state index in [9.17, 15) is 4.39 Å². The van der Waals surface area contributed by atoms with Crippen LogP contribution in [0.2, 0.25) is 0 Å². The first-order chi connectivity index (χ1) is 5.81. The van der Waals surface area contributed by atoms with Crippen molar-refractivity contribution in [2.24, 2.45) is 0 Å². The summed E-state index contributed by atoms with van der Waals surface area (Å²) >= 11 is 0. The highest BCUT2D eigenvalue weighted by Crippen LogP contribution is 2.40. The number of hydrogen-bond acceptors (Lipinski definition) is 0. The quantitative estimate of drug-likeness (QED) is 0.629. The molecule has 0 radical (unpaired) electrons. The number of rotatable bonds is 2. The maximum atomic E-state index is 13.1. The van der Waals surface area contributed by atoms with Crippen molar-refractivity contribution in [1.82, 2.24) is 0 Å². The molecule has 64 valence electrons. The summed E-state index contributed by atoms with van der Waals surface area (Å²) in [6.07, 6.45) is 3.37. The van der Waals surface area contributed by atoms with Crippen LogP contribution in [0.3, 0.4) is 0 Å². The molecule has 0 saturated heterocycles. The molecule has 1 heteroatoms. The average Bonchev–Trinajstić information content (AvgIpc) is 2.88. The van der Waals surface area contributed by atoms with Gasteiger partial charge in [0.15, 0.2) is 0 Å². The predicted molar refractivity (Wildman–Crippen MR) is 47.8 cm³/mol. The summed E-state index contributed by atoms with van der Waals surface area (Å²) in [7, 11) is 0. The Morgan fingerprint density at radius 1 is 1.42 bits per heavy atom. The molecule has 0 bridgehead atoms. The molecular formula is C11H13F. The van der Waals surface area contributed by atoms with E-state index in [2.05, 4.69) is 0 Å². The highest BCUT2D eigenvalue weighted by molar-refractivity contribution is 5.30. The largest absolute Gasteiger partial charge is 0.207 e.